The maximum absolute atomic E-state index is 12.0. The summed E-state index contributed by atoms with van der Waals surface area (Å²) >= 11 is 3.52. The molecule has 31 heavy (non-hydrogen) atoms. The molecule has 1 heterocycles. The number of hydrogen-bond donors (Lipinski definition) is 1. The van der Waals surface area contributed by atoms with Crippen molar-refractivity contribution in [3.05, 3.63) is 70.0 Å². The number of ether oxygens (including phenoxy) is 3. The summed E-state index contributed by atoms with van der Waals surface area (Å²) in [5.74, 6) is 0.707. The van der Waals surface area contributed by atoms with Crippen LogP contribution in [0.1, 0.15) is 17.0 Å². The van der Waals surface area contributed by atoms with Gasteiger partial charge in [-0.2, -0.15) is 5.26 Å². The third-order valence-electron chi connectivity index (χ3n) is 4.90. The predicted octanol–water partition coefficient (Wildman–Crippen LogP) is 4.09. The van der Waals surface area contributed by atoms with Crippen LogP contribution in [0.3, 0.4) is 0 Å². The molecule has 1 aliphatic rings. The Balaban J connectivity index is 2.27. The summed E-state index contributed by atoms with van der Waals surface area (Å²) in [6.45, 7) is 3.47. The Labute approximate surface area is 189 Å². The fraction of sp³-hybridized carbons (Fsp3) is 0.217. The van der Waals surface area contributed by atoms with Gasteiger partial charge in [0.25, 0.3) is 0 Å². The Hall–Kier alpha value is -3.44. The van der Waals surface area contributed by atoms with Crippen LogP contribution in [0.15, 0.2) is 58.9 Å². The highest BCUT2D eigenvalue weighted by Crippen LogP contribution is 2.47. The van der Waals surface area contributed by atoms with Gasteiger partial charge in [-0.1, -0.05) is 12.6 Å². The van der Waals surface area contributed by atoms with Gasteiger partial charge in [-0.3, -0.25) is 10.1 Å². The number of amides is 1. The van der Waals surface area contributed by atoms with E-state index < -0.39 is 11.8 Å². The minimum Gasteiger partial charge on any atom is -0.493 e. The smallest absolute Gasteiger partial charge is 0.250 e. The molecule has 3 rings (SSSR count). The monoisotopic (exact) mass is 483 g/mol. The van der Waals surface area contributed by atoms with Crippen LogP contribution in [0, 0.1) is 11.3 Å². The van der Waals surface area contributed by atoms with Gasteiger partial charge >= 0.3 is 0 Å². The number of fused-ring (bicyclic) bond motifs is 1. The van der Waals surface area contributed by atoms with Crippen molar-refractivity contribution in [2.75, 3.05) is 33.2 Å². The highest BCUT2D eigenvalue weighted by Gasteiger charge is 2.33. The molecule has 0 saturated heterocycles. The minimum atomic E-state index is -0.499. The molecule has 7 nitrogen and oxygen atoms in total. The molecule has 1 aliphatic heterocycles. The summed E-state index contributed by atoms with van der Waals surface area (Å²) in [4.78, 5) is 13.9. The van der Waals surface area contributed by atoms with Crippen molar-refractivity contribution in [3.8, 4) is 23.3 Å². The maximum atomic E-state index is 12.0. The number of benzene rings is 2. The Morgan fingerprint density at radius 3 is 2.61 bits per heavy atom. The van der Waals surface area contributed by atoms with Crippen molar-refractivity contribution in [2.45, 2.75) is 5.92 Å². The average molecular weight is 484 g/mol. The van der Waals surface area contributed by atoms with Crippen molar-refractivity contribution in [1.82, 2.24) is 5.32 Å². The molecule has 160 valence electrons. The number of nitrogens with zero attached hydrogens (tertiary/aromatic N) is 2. The molecular weight excluding hydrogens is 462 g/mol. The number of nitriles is 1. The molecule has 0 fully saturated rings. The molecule has 1 atom stereocenters. The van der Waals surface area contributed by atoms with E-state index in [1.165, 1.54) is 0 Å². The van der Waals surface area contributed by atoms with Gasteiger partial charge in [0.05, 0.1) is 24.6 Å². The molecule has 2 aromatic carbocycles. The lowest BCUT2D eigenvalue weighted by molar-refractivity contribution is -0.116. The standard InChI is InChI=1S/C23H22BrN3O4/c1-6-20(28)26-23-16(12-25)21(13-9-17(24)22(30-5)19(10-13)29-4)15-8-7-14(27(2)3)11-18(15)31-23/h6-11,21H,1H2,2-5H3,(H,26,28). The van der Waals surface area contributed by atoms with Crippen LogP contribution in [0.2, 0.25) is 0 Å². The van der Waals surface area contributed by atoms with Gasteiger partial charge in [0, 0.05) is 31.4 Å². The zero-order chi connectivity index (χ0) is 22.7. The molecule has 2 aromatic rings. The number of rotatable bonds is 6. The molecule has 0 radical (unpaired) electrons. The molecule has 0 bridgehead atoms. The Bertz CT molecular complexity index is 1120. The van der Waals surface area contributed by atoms with Gasteiger partial charge in [-0.25, -0.2) is 0 Å². The predicted molar refractivity (Wildman–Crippen MR) is 121 cm³/mol. The molecule has 8 heteroatoms. The lowest BCUT2D eigenvalue weighted by Gasteiger charge is -2.29. The van der Waals surface area contributed by atoms with Gasteiger partial charge in [0.2, 0.25) is 11.8 Å². The number of methoxy groups -OCH3 is 2. The zero-order valence-electron chi connectivity index (χ0n) is 17.7. The number of carbonyl (C=O) groups is 1. The van der Waals surface area contributed by atoms with E-state index in [2.05, 4.69) is 33.9 Å². The first kappa shape index (κ1) is 22.2. The fourth-order valence-corrected chi connectivity index (χ4v) is 4.02. The summed E-state index contributed by atoms with van der Waals surface area (Å²) in [6, 6.07) is 11.6. The third-order valence-corrected chi connectivity index (χ3v) is 5.49. The van der Waals surface area contributed by atoms with E-state index in [0.717, 1.165) is 22.9 Å². The molecule has 0 spiro atoms. The Morgan fingerprint density at radius 2 is 2.03 bits per heavy atom. The van der Waals surface area contributed by atoms with Crippen LogP contribution in [0.25, 0.3) is 0 Å². The fourth-order valence-electron chi connectivity index (χ4n) is 3.40. The normalized spacial score (nSPS) is 14.6. The van der Waals surface area contributed by atoms with Crippen molar-refractivity contribution < 1.29 is 19.0 Å². The summed E-state index contributed by atoms with van der Waals surface area (Å²) in [5, 5.41) is 12.6. The zero-order valence-corrected chi connectivity index (χ0v) is 19.2. The van der Waals surface area contributed by atoms with E-state index >= 15 is 0 Å². The Morgan fingerprint density at radius 1 is 1.29 bits per heavy atom. The topological polar surface area (TPSA) is 83.8 Å². The van der Waals surface area contributed by atoms with Crippen molar-refractivity contribution in [1.29, 1.82) is 5.26 Å². The summed E-state index contributed by atoms with van der Waals surface area (Å²) in [6.07, 6.45) is 1.12. The van der Waals surface area contributed by atoms with Crippen LogP contribution in [0.4, 0.5) is 5.69 Å². The second kappa shape index (κ2) is 9.14. The van der Waals surface area contributed by atoms with E-state index in [9.17, 15) is 10.1 Å². The molecule has 1 amide bonds. The van der Waals surface area contributed by atoms with E-state index in [-0.39, 0.29) is 11.5 Å². The molecule has 0 aliphatic carbocycles. The summed E-state index contributed by atoms with van der Waals surface area (Å²) in [7, 11) is 6.94. The van der Waals surface area contributed by atoms with Gasteiger partial charge < -0.3 is 19.1 Å². The molecule has 1 N–H and O–H groups in total. The average Bonchev–Trinajstić information content (AvgIpc) is 2.76. The van der Waals surface area contributed by atoms with Crippen LogP contribution < -0.4 is 24.4 Å². The first-order valence-electron chi connectivity index (χ1n) is 9.32. The van der Waals surface area contributed by atoms with Crippen molar-refractivity contribution >= 4 is 27.5 Å². The van der Waals surface area contributed by atoms with Crippen LogP contribution in [-0.2, 0) is 4.79 Å². The van der Waals surface area contributed by atoms with Crippen molar-refractivity contribution in [2.24, 2.45) is 0 Å². The molecular formula is C23H22BrN3O4. The van der Waals surface area contributed by atoms with Crippen LogP contribution in [-0.4, -0.2) is 34.2 Å². The first-order valence-corrected chi connectivity index (χ1v) is 10.1. The van der Waals surface area contributed by atoms with Gasteiger partial charge in [-0.15, -0.1) is 0 Å². The largest absolute Gasteiger partial charge is 0.493 e. The number of anilines is 1. The SMILES string of the molecule is C=CC(=O)NC1=C(C#N)C(c2cc(Br)c(OC)c(OC)c2)c2ccc(N(C)C)cc2O1. The van der Waals surface area contributed by atoms with E-state index in [1.807, 2.05) is 49.3 Å². The summed E-state index contributed by atoms with van der Waals surface area (Å²) in [5.41, 5.74) is 2.74. The van der Waals surface area contributed by atoms with Crippen LogP contribution in [0.5, 0.6) is 17.2 Å². The number of carbonyl (C=O) groups excluding carboxylic acids is 1. The second-order valence-corrected chi connectivity index (χ2v) is 7.79. The van der Waals surface area contributed by atoms with Crippen molar-refractivity contribution in [3.63, 3.8) is 0 Å². The van der Waals surface area contributed by atoms with E-state index in [4.69, 9.17) is 14.2 Å². The van der Waals surface area contributed by atoms with Gasteiger partial charge in [-0.05, 0) is 45.8 Å². The third kappa shape index (κ3) is 4.23. The number of nitrogens with one attached hydrogen (secondary N) is 1. The quantitative estimate of drug-likeness (QED) is 0.622. The first-order chi connectivity index (χ1) is 14.8. The highest BCUT2D eigenvalue weighted by molar-refractivity contribution is 9.10. The lowest BCUT2D eigenvalue weighted by Crippen LogP contribution is -2.30. The Kier molecular flexibility index (Phi) is 6.56. The number of hydrogen-bond acceptors (Lipinski definition) is 6. The van der Waals surface area contributed by atoms with E-state index in [1.54, 1.807) is 14.2 Å². The highest BCUT2D eigenvalue weighted by atomic mass is 79.9. The number of allylic oxidation sites excluding steroid dienone is 1. The second-order valence-electron chi connectivity index (χ2n) is 6.94. The molecule has 0 aromatic heterocycles. The molecule has 1 unspecified atom stereocenters. The molecule has 0 saturated carbocycles. The maximum Gasteiger partial charge on any atom is 0.250 e. The van der Waals surface area contributed by atoms with Gasteiger partial charge in [0.1, 0.15) is 17.4 Å². The number of halogens is 1. The minimum absolute atomic E-state index is 0.0757. The summed E-state index contributed by atoms with van der Waals surface area (Å²) < 4.78 is 17.5. The van der Waals surface area contributed by atoms with Crippen LogP contribution >= 0.6 is 15.9 Å². The lowest BCUT2D eigenvalue weighted by atomic mass is 9.83. The van der Waals surface area contributed by atoms with E-state index in [0.29, 0.717) is 21.7 Å². The van der Waals surface area contributed by atoms with Gasteiger partial charge in [0.15, 0.2) is 11.5 Å².